The summed E-state index contributed by atoms with van der Waals surface area (Å²) >= 11 is 5.16. The van der Waals surface area contributed by atoms with Gasteiger partial charge in [-0.25, -0.2) is 4.98 Å². The Kier molecular flexibility index (Phi) is 2.29. The lowest BCUT2D eigenvalue weighted by Crippen LogP contribution is -1.91. The van der Waals surface area contributed by atoms with Crippen molar-refractivity contribution in [1.29, 1.82) is 0 Å². The van der Waals surface area contributed by atoms with E-state index in [1.807, 2.05) is 13.8 Å². The number of carbonyl (C=O) groups excluding carboxylic acids is 1. The molecule has 0 aliphatic heterocycles. The number of hydrogen-bond donors (Lipinski definition) is 0. The topological polar surface area (TPSA) is 43.1 Å². The van der Waals surface area contributed by atoms with Crippen LogP contribution in [0.15, 0.2) is 10.7 Å². The maximum atomic E-state index is 10.5. The second kappa shape index (κ2) is 3.05. The van der Waals surface area contributed by atoms with E-state index >= 15 is 0 Å². The summed E-state index contributed by atoms with van der Waals surface area (Å²) in [6.45, 7) is 3.85. The monoisotopic (exact) mass is 173 g/mol. The lowest BCUT2D eigenvalue weighted by Gasteiger charge is -1.93. The molecular formula is C7H8ClNO2. The van der Waals surface area contributed by atoms with Crippen LogP contribution in [0.1, 0.15) is 36.1 Å². The third-order valence-electron chi connectivity index (χ3n) is 1.22. The molecule has 0 bridgehead atoms. The minimum atomic E-state index is -0.583. The summed E-state index contributed by atoms with van der Waals surface area (Å²) in [5.41, 5.74) is 0.176. The van der Waals surface area contributed by atoms with E-state index in [1.54, 1.807) is 0 Å². The van der Waals surface area contributed by atoms with Crippen LogP contribution in [0.25, 0.3) is 0 Å². The Hall–Kier alpha value is -0.830. The van der Waals surface area contributed by atoms with Gasteiger partial charge < -0.3 is 4.42 Å². The van der Waals surface area contributed by atoms with Gasteiger partial charge in [0.05, 0.1) is 0 Å². The molecule has 0 unspecified atom stereocenters. The zero-order chi connectivity index (χ0) is 8.43. The SMILES string of the molecule is CC(C)c1nc(C(=O)Cl)co1. The van der Waals surface area contributed by atoms with Crippen molar-refractivity contribution in [3.8, 4) is 0 Å². The van der Waals surface area contributed by atoms with Gasteiger partial charge in [-0.3, -0.25) is 4.79 Å². The van der Waals surface area contributed by atoms with E-state index in [0.717, 1.165) is 0 Å². The van der Waals surface area contributed by atoms with Crippen LogP contribution >= 0.6 is 11.6 Å². The van der Waals surface area contributed by atoms with Crippen LogP contribution in [0.5, 0.6) is 0 Å². The smallest absolute Gasteiger partial charge is 0.274 e. The molecule has 60 valence electrons. The number of aromatic nitrogens is 1. The van der Waals surface area contributed by atoms with E-state index in [-0.39, 0.29) is 11.6 Å². The highest BCUT2D eigenvalue weighted by Crippen LogP contribution is 2.13. The lowest BCUT2D eigenvalue weighted by atomic mass is 10.2. The van der Waals surface area contributed by atoms with Crippen molar-refractivity contribution in [2.45, 2.75) is 19.8 Å². The third-order valence-corrected chi connectivity index (χ3v) is 1.41. The summed E-state index contributed by atoms with van der Waals surface area (Å²) < 4.78 is 4.97. The highest BCUT2D eigenvalue weighted by molar-refractivity contribution is 6.67. The number of nitrogens with zero attached hydrogens (tertiary/aromatic N) is 1. The molecule has 0 atom stereocenters. The van der Waals surface area contributed by atoms with Crippen LogP contribution in [0, 0.1) is 0 Å². The van der Waals surface area contributed by atoms with Gasteiger partial charge in [-0.15, -0.1) is 0 Å². The molecule has 4 heteroatoms. The third kappa shape index (κ3) is 1.80. The minimum absolute atomic E-state index is 0.176. The quantitative estimate of drug-likeness (QED) is 0.644. The average molecular weight is 174 g/mol. The molecule has 0 aliphatic rings. The van der Waals surface area contributed by atoms with Gasteiger partial charge in [0, 0.05) is 5.92 Å². The zero-order valence-corrected chi connectivity index (χ0v) is 7.05. The molecule has 0 fully saturated rings. The molecule has 0 amide bonds. The second-order valence-corrected chi connectivity index (χ2v) is 2.84. The Bertz CT molecular complexity index is 267. The molecular weight excluding hydrogens is 166 g/mol. The fourth-order valence-corrected chi connectivity index (χ4v) is 0.730. The van der Waals surface area contributed by atoms with Crippen molar-refractivity contribution in [1.82, 2.24) is 4.98 Å². The number of halogens is 1. The van der Waals surface area contributed by atoms with Crippen molar-refractivity contribution >= 4 is 16.8 Å². The first-order valence-electron chi connectivity index (χ1n) is 3.26. The summed E-state index contributed by atoms with van der Waals surface area (Å²) in [6, 6.07) is 0. The van der Waals surface area contributed by atoms with Crippen molar-refractivity contribution < 1.29 is 9.21 Å². The summed E-state index contributed by atoms with van der Waals surface area (Å²) in [6.07, 6.45) is 1.27. The number of oxazole rings is 1. The highest BCUT2D eigenvalue weighted by atomic mass is 35.5. The van der Waals surface area contributed by atoms with Crippen LogP contribution < -0.4 is 0 Å². The fraction of sp³-hybridized carbons (Fsp3) is 0.429. The van der Waals surface area contributed by atoms with Gasteiger partial charge in [0.2, 0.25) is 0 Å². The Morgan fingerprint density at radius 1 is 1.73 bits per heavy atom. The standard InChI is InChI=1S/C7H8ClNO2/c1-4(2)7-9-5(3-11-7)6(8)10/h3-4H,1-2H3. The number of carbonyl (C=O) groups is 1. The largest absolute Gasteiger partial charge is 0.448 e. The Labute approximate surface area is 69.4 Å². The van der Waals surface area contributed by atoms with Crippen LogP contribution in [0.4, 0.5) is 0 Å². The Balaban J connectivity index is 2.90. The van der Waals surface area contributed by atoms with Gasteiger partial charge in [-0.1, -0.05) is 13.8 Å². The molecule has 0 aliphatic carbocycles. The predicted molar refractivity (Wildman–Crippen MR) is 40.8 cm³/mol. The number of hydrogen-bond acceptors (Lipinski definition) is 3. The lowest BCUT2D eigenvalue weighted by molar-refractivity contribution is 0.107. The van der Waals surface area contributed by atoms with Gasteiger partial charge in [0.15, 0.2) is 11.6 Å². The molecule has 3 nitrogen and oxygen atoms in total. The minimum Gasteiger partial charge on any atom is -0.448 e. The summed E-state index contributed by atoms with van der Waals surface area (Å²) in [7, 11) is 0. The van der Waals surface area contributed by atoms with Crippen LogP contribution in [0.2, 0.25) is 0 Å². The molecule has 0 radical (unpaired) electrons. The maximum Gasteiger partial charge on any atom is 0.274 e. The van der Waals surface area contributed by atoms with E-state index in [1.165, 1.54) is 6.26 Å². The molecule has 0 aromatic carbocycles. The van der Waals surface area contributed by atoms with Gasteiger partial charge in [-0.05, 0) is 11.6 Å². The Morgan fingerprint density at radius 2 is 2.36 bits per heavy atom. The first-order valence-corrected chi connectivity index (χ1v) is 3.64. The normalized spacial score (nSPS) is 10.5. The van der Waals surface area contributed by atoms with E-state index in [0.29, 0.717) is 5.89 Å². The fourth-order valence-electron chi connectivity index (χ4n) is 0.643. The predicted octanol–water partition coefficient (Wildman–Crippen LogP) is 2.18. The first-order chi connectivity index (χ1) is 5.11. The van der Waals surface area contributed by atoms with Crippen molar-refractivity contribution in [3.63, 3.8) is 0 Å². The summed E-state index contributed by atoms with van der Waals surface area (Å²) in [5, 5.41) is -0.583. The molecule has 11 heavy (non-hydrogen) atoms. The molecule has 1 aromatic rings. The molecule has 1 aromatic heterocycles. The van der Waals surface area contributed by atoms with E-state index < -0.39 is 5.24 Å². The molecule has 1 rings (SSSR count). The zero-order valence-electron chi connectivity index (χ0n) is 6.30. The summed E-state index contributed by atoms with van der Waals surface area (Å²) in [5.74, 6) is 0.716. The summed E-state index contributed by atoms with van der Waals surface area (Å²) in [4.78, 5) is 14.4. The van der Waals surface area contributed by atoms with Crippen LogP contribution in [-0.2, 0) is 0 Å². The molecule has 1 heterocycles. The second-order valence-electron chi connectivity index (χ2n) is 2.50. The number of rotatable bonds is 2. The van der Waals surface area contributed by atoms with Crippen LogP contribution in [-0.4, -0.2) is 10.2 Å². The molecule has 0 spiro atoms. The van der Waals surface area contributed by atoms with Gasteiger partial charge in [0.1, 0.15) is 6.26 Å². The molecule has 0 saturated heterocycles. The highest BCUT2D eigenvalue weighted by Gasteiger charge is 2.11. The van der Waals surface area contributed by atoms with Crippen molar-refractivity contribution in [2.75, 3.05) is 0 Å². The van der Waals surface area contributed by atoms with E-state index in [2.05, 4.69) is 4.98 Å². The van der Waals surface area contributed by atoms with Crippen LogP contribution in [0.3, 0.4) is 0 Å². The van der Waals surface area contributed by atoms with Gasteiger partial charge in [0.25, 0.3) is 5.24 Å². The first kappa shape index (κ1) is 8.27. The average Bonchev–Trinajstić information content (AvgIpc) is 2.33. The Morgan fingerprint density at radius 3 is 2.64 bits per heavy atom. The maximum absolute atomic E-state index is 10.5. The van der Waals surface area contributed by atoms with E-state index in [9.17, 15) is 4.79 Å². The van der Waals surface area contributed by atoms with Gasteiger partial charge >= 0.3 is 0 Å². The van der Waals surface area contributed by atoms with E-state index in [4.69, 9.17) is 16.0 Å². The molecule has 0 saturated carbocycles. The van der Waals surface area contributed by atoms with Crippen molar-refractivity contribution in [3.05, 3.63) is 17.8 Å². The van der Waals surface area contributed by atoms with Gasteiger partial charge in [-0.2, -0.15) is 0 Å². The molecule has 0 N–H and O–H groups in total. The van der Waals surface area contributed by atoms with Crippen molar-refractivity contribution in [2.24, 2.45) is 0 Å².